The Morgan fingerprint density at radius 2 is 1.79 bits per heavy atom. The number of rotatable bonds is 4. The third-order valence-corrected chi connectivity index (χ3v) is 3.58. The van der Waals surface area contributed by atoms with Gasteiger partial charge in [-0.3, -0.25) is 9.59 Å². The summed E-state index contributed by atoms with van der Waals surface area (Å²) in [4.78, 5) is 23.5. The maximum absolute atomic E-state index is 11.9. The molecular formula is C14H16N2O2S. The molecule has 0 bridgehead atoms. The summed E-state index contributed by atoms with van der Waals surface area (Å²) in [5.41, 5.74) is 0.117. The third-order valence-electron chi connectivity index (χ3n) is 3.14. The summed E-state index contributed by atoms with van der Waals surface area (Å²) in [5.74, 6) is 0.723. The Balaban J connectivity index is 2.32. The summed E-state index contributed by atoms with van der Waals surface area (Å²) < 4.78 is 2.74. The average molecular weight is 276 g/mol. The summed E-state index contributed by atoms with van der Waals surface area (Å²) in [6, 6.07) is 9.88. The molecule has 1 aromatic heterocycles. The van der Waals surface area contributed by atoms with Crippen LogP contribution in [0.5, 0.6) is 0 Å². The van der Waals surface area contributed by atoms with Gasteiger partial charge in [-0.2, -0.15) is 12.6 Å². The molecule has 0 radical (unpaired) electrons. The van der Waals surface area contributed by atoms with Crippen LogP contribution in [0.15, 0.2) is 52.3 Å². The highest BCUT2D eigenvalue weighted by atomic mass is 32.1. The number of benzene rings is 1. The van der Waals surface area contributed by atoms with E-state index >= 15 is 0 Å². The number of thiol groups is 1. The Kier molecular flexibility index (Phi) is 4.27. The number of aromatic nitrogens is 2. The van der Waals surface area contributed by atoms with Crippen LogP contribution in [0.1, 0.15) is 11.5 Å². The predicted molar refractivity (Wildman–Crippen MR) is 79.0 cm³/mol. The Morgan fingerprint density at radius 3 is 2.42 bits per heavy atom. The number of hydrogen-bond acceptors (Lipinski definition) is 3. The fraction of sp³-hybridized carbons (Fsp3) is 0.286. The molecule has 5 heteroatoms. The molecule has 1 aromatic carbocycles. The molecule has 0 saturated heterocycles. The first-order valence-electron chi connectivity index (χ1n) is 6.05. The van der Waals surface area contributed by atoms with Gasteiger partial charge < -0.3 is 9.13 Å². The number of nitrogens with zero attached hydrogens (tertiary/aromatic N) is 2. The van der Waals surface area contributed by atoms with Crippen LogP contribution in [0.25, 0.3) is 0 Å². The molecule has 100 valence electrons. The van der Waals surface area contributed by atoms with Crippen LogP contribution in [0.2, 0.25) is 0 Å². The van der Waals surface area contributed by atoms with Gasteiger partial charge in [-0.25, -0.2) is 0 Å². The van der Waals surface area contributed by atoms with Gasteiger partial charge in [0.25, 0.3) is 0 Å². The van der Waals surface area contributed by atoms with Gasteiger partial charge in [0, 0.05) is 31.9 Å². The summed E-state index contributed by atoms with van der Waals surface area (Å²) in [6.45, 7) is 0.461. The second kappa shape index (κ2) is 5.93. The van der Waals surface area contributed by atoms with Gasteiger partial charge in [-0.1, -0.05) is 30.3 Å². The Morgan fingerprint density at radius 1 is 1.11 bits per heavy atom. The highest BCUT2D eigenvalue weighted by Crippen LogP contribution is 2.18. The Bertz CT molecular complexity index is 661. The van der Waals surface area contributed by atoms with E-state index in [0.717, 1.165) is 5.56 Å². The summed E-state index contributed by atoms with van der Waals surface area (Å²) >= 11 is 4.34. The van der Waals surface area contributed by atoms with Crippen LogP contribution >= 0.6 is 12.6 Å². The van der Waals surface area contributed by atoms with Crippen LogP contribution in [-0.2, 0) is 13.6 Å². The minimum Gasteiger partial charge on any atom is -0.312 e. The lowest BCUT2D eigenvalue weighted by atomic mass is 10.0. The maximum Gasteiger partial charge on any atom is 0.316 e. The Labute approximate surface area is 116 Å². The molecule has 1 atom stereocenters. The SMILES string of the molecule is Cn1ccn(CC(CS)c2ccccc2)c(=O)c1=O. The molecule has 4 nitrogen and oxygen atoms in total. The highest BCUT2D eigenvalue weighted by molar-refractivity contribution is 7.80. The Hall–Kier alpha value is -1.75. The first kappa shape index (κ1) is 13.7. The van der Waals surface area contributed by atoms with Crippen molar-refractivity contribution >= 4 is 12.6 Å². The van der Waals surface area contributed by atoms with E-state index in [-0.39, 0.29) is 5.92 Å². The second-order valence-corrected chi connectivity index (χ2v) is 4.83. The van der Waals surface area contributed by atoms with Gasteiger partial charge in [-0.15, -0.1) is 0 Å². The van der Waals surface area contributed by atoms with Crippen LogP contribution in [0.4, 0.5) is 0 Å². The number of hydrogen-bond donors (Lipinski definition) is 1. The molecule has 2 aromatic rings. The van der Waals surface area contributed by atoms with E-state index in [1.807, 2.05) is 30.3 Å². The standard InChI is InChI=1S/C14H16N2O2S/c1-15-7-8-16(14(18)13(15)17)9-12(10-19)11-5-3-2-4-6-11/h2-8,12,19H,9-10H2,1H3. The zero-order chi connectivity index (χ0) is 13.8. The van der Waals surface area contributed by atoms with Crippen molar-refractivity contribution in [2.45, 2.75) is 12.5 Å². The smallest absolute Gasteiger partial charge is 0.312 e. The molecule has 2 rings (SSSR count). The molecule has 0 aliphatic heterocycles. The highest BCUT2D eigenvalue weighted by Gasteiger charge is 2.12. The van der Waals surface area contributed by atoms with E-state index in [2.05, 4.69) is 12.6 Å². The van der Waals surface area contributed by atoms with Crippen molar-refractivity contribution in [2.75, 3.05) is 5.75 Å². The molecular weight excluding hydrogens is 260 g/mol. The zero-order valence-corrected chi connectivity index (χ0v) is 11.6. The first-order valence-corrected chi connectivity index (χ1v) is 6.68. The van der Waals surface area contributed by atoms with Crippen LogP contribution in [0.3, 0.4) is 0 Å². The first-order chi connectivity index (χ1) is 9.13. The lowest BCUT2D eigenvalue weighted by Gasteiger charge is -2.16. The van der Waals surface area contributed by atoms with E-state index in [4.69, 9.17) is 0 Å². The van der Waals surface area contributed by atoms with Gasteiger partial charge >= 0.3 is 11.1 Å². The summed E-state index contributed by atoms with van der Waals surface area (Å²) in [6.07, 6.45) is 3.24. The predicted octanol–water partition coefficient (Wildman–Crippen LogP) is 1.26. The van der Waals surface area contributed by atoms with E-state index in [0.29, 0.717) is 12.3 Å². The van der Waals surface area contributed by atoms with E-state index < -0.39 is 11.1 Å². The maximum atomic E-state index is 11.9. The molecule has 0 fully saturated rings. The quantitative estimate of drug-likeness (QED) is 0.675. The average Bonchev–Trinajstić information content (AvgIpc) is 2.45. The molecule has 19 heavy (non-hydrogen) atoms. The summed E-state index contributed by atoms with van der Waals surface area (Å²) in [7, 11) is 1.57. The van der Waals surface area contributed by atoms with Crippen molar-refractivity contribution in [3.05, 3.63) is 69.0 Å². The van der Waals surface area contributed by atoms with Gasteiger partial charge in [0.05, 0.1) is 0 Å². The van der Waals surface area contributed by atoms with E-state index in [9.17, 15) is 9.59 Å². The second-order valence-electron chi connectivity index (χ2n) is 4.46. The van der Waals surface area contributed by atoms with Crippen molar-refractivity contribution in [2.24, 2.45) is 7.05 Å². The van der Waals surface area contributed by atoms with Crippen molar-refractivity contribution in [3.8, 4) is 0 Å². The molecule has 0 saturated carbocycles. The van der Waals surface area contributed by atoms with Crippen molar-refractivity contribution < 1.29 is 0 Å². The molecule has 0 aliphatic carbocycles. The van der Waals surface area contributed by atoms with E-state index in [1.54, 1.807) is 19.4 Å². The molecule has 1 heterocycles. The minimum absolute atomic E-state index is 0.106. The molecule has 0 amide bonds. The topological polar surface area (TPSA) is 44.0 Å². The normalized spacial score (nSPS) is 12.3. The van der Waals surface area contributed by atoms with Crippen LogP contribution in [0, 0.1) is 0 Å². The lowest BCUT2D eigenvalue weighted by Crippen LogP contribution is -2.40. The molecule has 1 unspecified atom stereocenters. The van der Waals surface area contributed by atoms with Gasteiger partial charge in [0.15, 0.2) is 0 Å². The molecule has 0 aliphatic rings. The lowest BCUT2D eigenvalue weighted by molar-refractivity contribution is 0.570. The number of aryl methyl sites for hydroxylation is 1. The largest absolute Gasteiger partial charge is 0.316 e. The van der Waals surface area contributed by atoms with Crippen molar-refractivity contribution in [1.29, 1.82) is 0 Å². The van der Waals surface area contributed by atoms with Crippen LogP contribution < -0.4 is 11.1 Å². The van der Waals surface area contributed by atoms with E-state index in [1.165, 1.54) is 9.13 Å². The minimum atomic E-state index is -0.506. The third kappa shape index (κ3) is 2.98. The van der Waals surface area contributed by atoms with Gasteiger partial charge in [-0.05, 0) is 11.3 Å². The van der Waals surface area contributed by atoms with Gasteiger partial charge in [0.1, 0.15) is 0 Å². The zero-order valence-electron chi connectivity index (χ0n) is 10.7. The monoisotopic (exact) mass is 276 g/mol. The van der Waals surface area contributed by atoms with Gasteiger partial charge in [0.2, 0.25) is 0 Å². The fourth-order valence-corrected chi connectivity index (χ4v) is 2.29. The van der Waals surface area contributed by atoms with Crippen molar-refractivity contribution in [3.63, 3.8) is 0 Å². The molecule has 0 spiro atoms. The fourth-order valence-electron chi connectivity index (χ4n) is 1.96. The van der Waals surface area contributed by atoms with Crippen LogP contribution in [-0.4, -0.2) is 14.9 Å². The molecule has 0 N–H and O–H groups in total. The van der Waals surface area contributed by atoms with Crippen molar-refractivity contribution in [1.82, 2.24) is 9.13 Å². The summed E-state index contributed by atoms with van der Waals surface area (Å²) in [5, 5.41) is 0.